The molecular formula is C34H36O4. The summed E-state index contributed by atoms with van der Waals surface area (Å²) < 4.78 is 0. The second-order valence-corrected chi connectivity index (χ2v) is 11.2. The number of benzene rings is 4. The van der Waals surface area contributed by atoms with Crippen molar-refractivity contribution in [1.82, 2.24) is 0 Å². The number of aryl methyl sites for hydroxylation is 4. The van der Waals surface area contributed by atoms with Crippen LogP contribution >= 0.6 is 0 Å². The molecule has 0 heterocycles. The molecular weight excluding hydrogens is 472 g/mol. The Balaban J connectivity index is 1.68. The number of aromatic hydroxyl groups is 4. The Morgan fingerprint density at radius 3 is 1.03 bits per heavy atom. The van der Waals surface area contributed by atoms with Crippen LogP contribution in [0.3, 0.4) is 0 Å². The molecule has 0 unspecified atom stereocenters. The molecule has 1 fully saturated rings. The van der Waals surface area contributed by atoms with Gasteiger partial charge in [0, 0.05) is 10.8 Å². The van der Waals surface area contributed by atoms with Crippen LogP contribution in [0.2, 0.25) is 0 Å². The molecule has 4 nitrogen and oxygen atoms in total. The van der Waals surface area contributed by atoms with Crippen LogP contribution in [0.25, 0.3) is 0 Å². The first kappa shape index (κ1) is 25.7. The van der Waals surface area contributed by atoms with E-state index < -0.39 is 0 Å². The van der Waals surface area contributed by atoms with Crippen molar-refractivity contribution in [3.05, 3.63) is 117 Å². The zero-order valence-electron chi connectivity index (χ0n) is 22.5. The topological polar surface area (TPSA) is 80.9 Å². The molecule has 0 saturated heterocycles. The van der Waals surface area contributed by atoms with E-state index >= 15 is 0 Å². The summed E-state index contributed by atoms with van der Waals surface area (Å²) in [5, 5.41) is 41.5. The third-order valence-electron chi connectivity index (χ3n) is 8.97. The van der Waals surface area contributed by atoms with Gasteiger partial charge in [0.15, 0.2) is 0 Å². The first-order chi connectivity index (χ1) is 18.1. The molecule has 0 atom stereocenters. The minimum absolute atomic E-state index is 0.278. The minimum Gasteiger partial charge on any atom is -0.508 e. The lowest BCUT2D eigenvalue weighted by molar-refractivity contribution is 0.255. The quantitative estimate of drug-likeness (QED) is 0.229. The molecule has 4 heteroatoms. The summed E-state index contributed by atoms with van der Waals surface area (Å²) in [5.41, 5.74) is 7.22. The average molecular weight is 509 g/mol. The molecule has 4 aromatic carbocycles. The second kappa shape index (κ2) is 9.43. The Morgan fingerprint density at radius 1 is 0.395 bits per heavy atom. The van der Waals surface area contributed by atoms with E-state index in [1.54, 1.807) is 18.2 Å². The van der Waals surface area contributed by atoms with E-state index in [4.69, 9.17) is 0 Å². The molecule has 196 valence electrons. The van der Waals surface area contributed by atoms with Gasteiger partial charge >= 0.3 is 0 Å². The van der Waals surface area contributed by atoms with Gasteiger partial charge in [-0.05, 0) is 122 Å². The van der Waals surface area contributed by atoms with Crippen molar-refractivity contribution < 1.29 is 20.4 Å². The molecule has 1 aliphatic rings. The van der Waals surface area contributed by atoms with Gasteiger partial charge in [-0.1, -0.05) is 48.5 Å². The number of phenolic OH excluding ortho intramolecular Hbond substituents is 4. The lowest BCUT2D eigenvalue weighted by Gasteiger charge is -2.48. The Morgan fingerprint density at radius 2 is 0.711 bits per heavy atom. The largest absolute Gasteiger partial charge is 0.508 e. The second-order valence-electron chi connectivity index (χ2n) is 11.2. The highest BCUT2D eigenvalue weighted by Crippen LogP contribution is 2.55. The number of rotatable bonds is 4. The third-order valence-corrected chi connectivity index (χ3v) is 8.97. The van der Waals surface area contributed by atoms with Gasteiger partial charge in [-0.2, -0.15) is 0 Å². The smallest absolute Gasteiger partial charge is 0.118 e. The van der Waals surface area contributed by atoms with Crippen molar-refractivity contribution in [3.8, 4) is 23.0 Å². The fourth-order valence-corrected chi connectivity index (χ4v) is 6.36. The van der Waals surface area contributed by atoms with Crippen molar-refractivity contribution in [1.29, 1.82) is 0 Å². The Labute approximate surface area is 224 Å². The molecule has 38 heavy (non-hydrogen) atoms. The van der Waals surface area contributed by atoms with Gasteiger partial charge in [-0.3, -0.25) is 0 Å². The van der Waals surface area contributed by atoms with Gasteiger partial charge < -0.3 is 20.4 Å². The van der Waals surface area contributed by atoms with Crippen LogP contribution in [-0.4, -0.2) is 20.4 Å². The van der Waals surface area contributed by atoms with Gasteiger partial charge in [0.25, 0.3) is 0 Å². The van der Waals surface area contributed by atoms with E-state index in [0.29, 0.717) is 0 Å². The fourth-order valence-electron chi connectivity index (χ4n) is 6.36. The first-order valence-electron chi connectivity index (χ1n) is 13.3. The van der Waals surface area contributed by atoms with E-state index in [2.05, 4.69) is 24.3 Å². The van der Waals surface area contributed by atoms with Gasteiger partial charge in [0.05, 0.1) is 0 Å². The van der Waals surface area contributed by atoms with Crippen molar-refractivity contribution in [3.63, 3.8) is 0 Å². The summed E-state index contributed by atoms with van der Waals surface area (Å²) in [6, 6.07) is 23.7. The molecule has 0 amide bonds. The number of hydrogen-bond donors (Lipinski definition) is 4. The summed E-state index contributed by atoms with van der Waals surface area (Å²) in [4.78, 5) is 0. The van der Waals surface area contributed by atoms with Crippen LogP contribution in [0, 0.1) is 27.7 Å². The predicted octanol–water partition coefficient (Wildman–Crippen LogP) is 7.59. The van der Waals surface area contributed by atoms with Crippen LogP contribution < -0.4 is 0 Å². The molecule has 5 rings (SSSR count). The van der Waals surface area contributed by atoms with Gasteiger partial charge in [0.1, 0.15) is 23.0 Å². The van der Waals surface area contributed by atoms with Crippen LogP contribution in [0.1, 0.15) is 70.2 Å². The highest BCUT2D eigenvalue weighted by Gasteiger charge is 2.47. The van der Waals surface area contributed by atoms with Crippen molar-refractivity contribution in [2.75, 3.05) is 0 Å². The standard InChI is InChI=1S/C34H36O4/c1-21-5-6-28(20-32(21)38)34(27-9-12-31(37)24(4)19-27)15-13-33(14-16-34,25-7-10-29(35)22(2)17-25)26-8-11-30(36)23(3)18-26/h5-12,17-20,35-38H,13-16H2,1-4H3. The summed E-state index contributed by atoms with van der Waals surface area (Å²) in [7, 11) is 0. The first-order valence-corrected chi connectivity index (χ1v) is 13.3. The lowest BCUT2D eigenvalue weighted by Crippen LogP contribution is -2.41. The van der Waals surface area contributed by atoms with Gasteiger partial charge in [0.2, 0.25) is 0 Å². The fraction of sp³-hybridized carbons (Fsp3) is 0.294. The molecule has 1 aliphatic carbocycles. The normalized spacial score (nSPS) is 16.3. The summed E-state index contributed by atoms with van der Waals surface area (Å²) in [6.45, 7) is 7.68. The Kier molecular flexibility index (Phi) is 6.38. The monoisotopic (exact) mass is 508 g/mol. The maximum absolute atomic E-state index is 10.7. The van der Waals surface area contributed by atoms with Crippen LogP contribution in [0.5, 0.6) is 23.0 Å². The van der Waals surface area contributed by atoms with Crippen molar-refractivity contribution in [2.24, 2.45) is 0 Å². The predicted molar refractivity (Wildman–Crippen MR) is 151 cm³/mol. The average Bonchev–Trinajstić information content (AvgIpc) is 2.90. The van der Waals surface area contributed by atoms with E-state index in [-0.39, 0.29) is 33.8 Å². The molecule has 4 aromatic rings. The van der Waals surface area contributed by atoms with Crippen LogP contribution in [0.4, 0.5) is 0 Å². The highest BCUT2D eigenvalue weighted by atomic mass is 16.3. The Bertz CT molecular complexity index is 1290. The van der Waals surface area contributed by atoms with Crippen molar-refractivity contribution in [2.45, 2.75) is 64.2 Å². The molecule has 0 radical (unpaired) electrons. The van der Waals surface area contributed by atoms with Crippen LogP contribution in [-0.2, 0) is 10.8 Å². The third kappa shape index (κ3) is 4.18. The van der Waals surface area contributed by atoms with Gasteiger partial charge in [-0.15, -0.1) is 0 Å². The minimum atomic E-state index is -0.342. The lowest BCUT2D eigenvalue weighted by atomic mass is 9.55. The zero-order chi connectivity index (χ0) is 27.2. The highest BCUT2D eigenvalue weighted by molar-refractivity contribution is 5.52. The van der Waals surface area contributed by atoms with Crippen molar-refractivity contribution >= 4 is 0 Å². The maximum Gasteiger partial charge on any atom is 0.118 e. The number of phenols is 4. The van der Waals surface area contributed by atoms with E-state index in [9.17, 15) is 20.4 Å². The molecule has 4 N–H and O–H groups in total. The van der Waals surface area contributed by atoms with E-state index in [1.807, 2.05) is 58.0 Å². The summed E-state index contributed by atoms with van der Waals surface area (Å²) in [5.74, 6) is 1.13. The summed E-state index contributed by atoms with van der Waals surface area (Å²) in [6.07, 6.45) is 3.30. The SMILES string of the molecule is Cc1cc(C2(c3ccc(O)c(C)c3)CCC(c3ccc(O)c(C)c3)(c3ccc(C)c(O)c3)CC2)ccc1O. The van der Waals surface area contributed by atoms with E-state index in [0.717, 1.165) is 70.2 Å². The molecule has 0 aromatic heterocycles. The molecule has 1 saturated carbocycles. The Hall–Kier alpha value is -3.92. The van der Waals surface area contributed by atoms with Crippen LogP contribution in [0.15, 0.2) is 72.8 Å². The maximum atomic E-state index is 10.7. The molecule has 0 bridgehead atoms. The molecule has 0 spiro atoms. The summed E-state index contributed by atoms with van der Waals surface area (Å²) >= 11 is 0. The van der Waals surface area contributed by atoms with E-state index in [1.165, 1.54) is 0 Å². The molecule has 0 aliphatic heterocycles. The zero-order valence-corrected chi connectivity index (χ0v) is 22.5. The van der Waals surface area contributed by atoms with Gasteiger partial charge in [-0.25, -0.2) is 0 Å². The number of hydrogen-bond acceptors (Lipinski definition) is 4.